The van der Waals surface area contributed by atoms with Crippen molar-refractivity contribution in [3.05, 3.63) is 18.3 Å². The Labute approximate surface area is 129 Å². The van der Waals surface area contributed by atoms with E-state index in [9.17, 15) is 9.59 Å². The summed E-state index contributed by atoms with van der Waals surface area (Å²) in [5, 5.41) is 6.40. The van der Waals surface area contributed by atoms with Gasteiger partial charge >= 0.3 is 6.03 Å². The number of fused-ring (bicyclic) bond motifs is 1. The van der Waals surface area contributed by atoms with Crippen LogP contribution >= 0.6 is 0 Å². The number of anilines is 2. The maximum atomic E-state index is 12.7. The van der Waals surface area contributed by atoms with Crippen LogP contribution < -0.4 is 15.2 Å². The Balaban J connectivity index is 1.89. The fourth-order valence-corrected chi connectivity index (χ4v) is 2.68. The molecule has 1 N–H and O–H groups in total. The predicted molar refractivity (Wildman–Crippen MR) is 83.5 cm³/mol. The van der Waals surface area contributed by atoms with Crippen LogP contribution in [0.15, 0.2) is 18.3 Å². The second-order valence-electron chi connectivity index (χ2n) is 5.49. The molecule has 7 heteroatoms. The molecule has 118 valence electrons. The number of hydrogen-bond donors (Lipinski definition) is 1. The summed E-state index contributed by atoms with van der Waals surface area (Å²) in [5.74, 6) is 0.595. The van der Waals surface area contributed by atoms with Crippen molar-refractivity contribution in [3.63, 3.8) is 0 Å². The van der Waals surface area contributed by atoms with Crippen molar-refractivity contribution in [2.24, 2.45) is 0 Å². The lowest BCUT2D eigenvalue weighted by atomic mass is 10.3. The lowest BCUT2D eigenvalue weighted by molar-refractivity contribution is -0.119. The van der Waals surface area contributed by atoms with E-state index in [0.29, 0.717) is 24.6 Å². The van der Waals surface area contributed by atoms with E-state index < -0.39 is 0 Å². The van der Waals surface area contributed by atoms with Gasteiger partial charge in [0.1, 0.15) is 6.54 Å². The summed E-state index contributed by atoms with van der Waals surface area (Å²) in [5.41, 5.74) is 0.685. The number of hydrogen-bond acceptors (Lipinski definition) is 4. The highest BCUT2D eigenvalue weighted by Gasteiger charge is 2.36. The van der Waals surface area contributed by atoms with Crippen molar-refractivity contribution >= 4 is 23.4 Å². The van der Waals surface area contributed by atoms with Crippen LogP contribution in [-0.4, -0.2) is 47.6 Å². The molecule has 0 aromatic carbocycles. The van der Waals surface area contributed by atoms with Crippen molar-refractivity contribution in [3.8, 4) is 0 Å². The molecule has 2 aliphatic rings. The third kappa shape index (κ3) is 2.58. The van der Waals surface area contributed by atoms with E-state index in [2.05, 4.69) is 10.3 Å². The minimum Gasteiger partial charge on any atom is -0.352 e. The van der Waals surface area contributed by atoms with Gasteiger partial charge in [0, 0.05) is 25.3 Å². The van der Waals surface area contributed by atoms with Crippen molar-refractivity contribution < 1.29 is 9.59 Å². The van der Waals surface area contributed by atoms with Crippen molar-refractivity contribution in [2.75, 3.05) is 29.5 Å². The zero-order valence-electron chi connectivity index (χ0n) is 13.0. The van der Waals surface area contributed by atoms with Crippen LogP contribution in [0.2, 0.25) is 0 Å². The molecule has 1 aliphatic carbocycles. The number of nitrogens with one attached hydrogen (secondary N) is 1. The maximum absolute atomic E-state index is 12.7. The average Bonchev–Trinajstić information content (AvgIpc) is 3.33. The predicted octanol–water partition coefficient (Wildman–Crippen LogP) is 1.36. The van der Waals surface area contributed by atoms with Crippen LogP contribution in [0.5, 0.6) is 0 Å². The summed E-state index contributed by atoms with van der Waals surface area (Å²) in [4.78, 5) is 30.7. The lowest BCUT2D eigenvalue weighted by Gasteiger charge is -2.43. The van der Waals surface area contributed by atoms with Crippen LogP contribution in [-0.2, 0) is 4.79 Å². The second-order valence-corrected chi connectivity index (χ2v) is 5.49. The molecule has 22 heavy (non-hydrogen) atoms. The number of nitrogens with zero attached hydrogens (tertiary/aromatic N) is 4. The topological polar surface area (TPSA) is 68.8 Å². The lowest BCUT2D eigenvalue weighted by Crippen LogP contribution is -2.58. The van der Waals surface area contributed by atoms with Crippen molar-refractivity contribution in [2.45, 2.75) is 32.7 Å². The number of rotatable bonds is 5. The molecule has 0 spiro atoms. The van der Waals surface area contributed by atoms with Crippen molar-refractivity contribution in [1.82, 2.24) is 15.3 Å². The molecule has 0 saturated heterocycles. The van der Waals surface area contributed by atoms with Gasteiger partial charge in [0.15, 0.2) is 5.82 Å². The molecule has 1 aliphatic heterocycles. The van der Waals surface area contributed by atoms with Crippen LogP contribution in [0.1, 0.15) is 26.7 Å². The van der Waals surface area contributed by atoms with Gasteiger partial charge in [-0.05, 0) is 38.8 Å². The first-order valence-electron chi connectivity index (χ1n) is 7.76. The van der Waals surface area contributed by atoms with Gasteiger partial charge < -0.3 is 5.32 Å². The first-order chi connectivity index (χ1) is 10.7. The third-order valence-corrected chi connectivity index (χ3v) is 3.89. The van der Waals surface area contributed by atoms with Gasteiger partial charge in [-0.1, -0.05) is 0 Å². The Hall–Kier alpha value is -2.31. The highest BCUT2D eigenvalue weighted by atomic mass is 16.2. The van der Waals surface area contributed by atoms with Crippen LogP contribution in [0.25, 0.3) is 0 Å². The van der Waals surface area contributed by atoms with Crippen LogP contribution in [0.3, 0.4) is 0 Å². The van der Waals surface area contributed by atoms with E-state index in [1.165, 1.54) is 4.90 Å². The molecule has 1 aromatic rings. The molecule has 1 saturated carbocycles. The Bertz CT molecular complexity index is 587. The van der Waals surface area contributed by atoms with Gasteiger partial charge in [-0.25, -0.2) is 14.8 Å². The molecule has 3 rings (SSSR count). The van der Waals surface area contributed by atoms with E-state index in [4.69, 9.17) is 0 Å². The quantitative estimate of drug-likeness (QED) is 0.892. The summed E-state index contributed by atoms with van der Waals surface area (Å²) in [6, 6.07) is 3.72. The summed E-state index contributed by atoms with van der Waals surface area (Å²) < 4.78 is 0. The molecule has 0 bridgehead atoms. The number of carbonyl (C=O) groups is 2. The zero-order chi connectivity index (χ0) is 15.7. The fourth-order valence-electron chi connectivity index (χ4n) is 2.68. The average molecular weight is 303 g/mol. The normalized spacial score (nSPS) is 17.5. The second kappa shape index (κ2) is 5.82. The number of pyridine rings is 1. The molecule has 0 atom stereocenters. The number of hydrazine groups is 1. The smallest absolute Gasteiger partial charge is 0.343 e. The highest BCUT2D eigenvalue weighted by molar-refractivity contribution is 6.03. The maximum Gasteiger partial charge on any atom is 0.343 e. The minimum atomic E-state index is -0.184. The van der Waals surface area contributed by atoms with E-state index in [1.807, 2.05) is 24.9 Å². The summed E-state index contributed by atoms with van der Waals surface area (Å²) >= 11 is 0. The molecule has 3 amide bonds. The van der Waals surface area contributed by atoms with Gasteiger partial charge in [-0.15, -0.1) is 0 Å². The molecular formula is C15H21N5O2. The molecule has 1 aromatic heterocycles. The largest absolute Gasteiger partial charge is 0.352 e. The van der Waals surface area contributed by atoms with Gasteiger partial charge in [-0.2, -0.15) is 0 Å². The Kier molecular flexibility index (Phi) is 3.87. The molecule has 7 nitrogen and oxygen atoms in total. The van der Waals surface area contributed by atoms with Crippen LogP contribution in [0.4, 0.5) is 16.3 Å². The van der Waals surface area contributed by atoms with Gasteiger partial charge in [0.2, 0.25) is 5.91 Å². The van der Waals surface area contributed by atoms with Gasteiger partial charge in [0.05, 0.1) is 5.69 Å². The number of aromatic nitrogens is 1. The first kappa shape index (κ1) is 14.6. The molecule has 0 radical (unpaired) electrons. The number of amides is 3. The van der Waals surface area contributed by atoms with Gasteiger partial charge in [0.25, 0.3) is 0 Å². The molecule has 2 heterocycles. The van der Waals surface area contributed by atoms with Gasteiger partial charge in [-0.3, -0.25) is 14.7 Å². The Morgan fingerprint density at radius 3 is 2.68 bits per heavy atom. The van der Waals surface area contributed by atoms with E-state index >= 15 is 0 Å². The number of carbonyl (C=O) groups excluding carboxylic acids is 2. The highest BCUT2D eigenvalue weighted by Crippen LogP contribution is 2.33. The summed E-state index contributed by atoms with van der Waals surface area (Å²) in [7, 11) is 0. The van der Waals surface area contributed by atoms with Crippen LogP contribution in [0, 0.1) is 0 Å². The third-order valence-electron chi connectivity index (χ3n) is 3.89. The zero-order valence-corrected chi connectivity index (χ0v) is 13.0. The monoisotopic (exact) mass is 303 g/mol. The molecule has 1 fully saturated rings. The van der Waals surface area contributed by atoms with Crippen molar-refractivity contribution in [1.29, 1.82) is 0 Å². The molecular weight excluding hydrogens is 282 g/mol. The standard InChI is InChI=1S/C15H21N5O2/c1-3-19-14-12(6-5-9-16-14)18(15(22)20(19)4-2)10-13(21)17-11-7-8-11/h5-6,9,11H,3-4,7-8,10H2,1-2H3,(H,17,21). The van der Waals surface area contributed by atoms with E-state index in [-0.39, 0.29) is 24.5 Å². The molecule has 0 unspecified atom stereocenters. The SMILES string of the molecule is CCN1C(=O)N(CC(=O)NC2CC2)c2cccnc2N1CC. The Morgan fingerprint density at radius 1 is 1.32 bits per heavy atom. The summed E-state index contributed by atoms with van der Waals surface area (Å²) in [6.07, 6.45) is 3.76. The first-order valence-corrected chi connectivity index (χ1v) is 7.76. The fraction of sp³-hybridized carbons (Fsp3) is 0.533. The van der Waals surface area contributed by atoms with E-state index in [0.717, 1.165) is 12.8 Å². The van der Waals surface area contributed by atoms with E-state index in [1.54, 1.807) is 17.3 Å². The summed E-state index contributed by atoms with van der Waals surface area (Å²) in [6.45, 7) is 5.10. The minimum absolute atomic E-state index is 0.0298. The Morgan fingerprint density at radius 2 is 2.05 bits per heavy atom. The number of urea groups is 1.